The maximum atomic E-state index is 12.9. The van der Waals surface area contributed by atoms with Gasteiger partial charge in [0.05, 0.1) is 11.0 Å². The number of aromatic nitrogens is 1. The Kier molecular flexibility index (Phi) is 6.05. The first kappa shape index (κ1) is 21.6. The highest BCUT2D eigenvalue weighted by Gasteiger charge is 2.56. The van der Waals surface area contributed by atoms with Gasteiger partial charge in [-0.05, 0) is 36.2 Å². The van der Waals surface area contributed by atoms with Gasteiger partial charge in [-0.2, -0.15) is 0 Å². The lowest BCUT2D eigenvalue weighted by molar-refractivity contribution is -0.384. The average Bonchev–Trinajstić information content (AvgIpc) is 2.75. The van der Waals surface area contributed by atoms with Crippen LogP contribution in [-0.2, 0) is 9.59 Å². The molecule has 1 aliphatic heterocycles. The van der Waals surface area contributed by atoms with E-state index in [-0.39, 0.29) is 17.7 Å². The van der Waals surface area contributed by atoms with Crippen LogP contribution in [0.25, 0.3) is 0 Å². The second-order valence-electron chi connectivity index (χ2n) is 6.95. The van der Waals surface area contributed by atoms with E-state index in [0.29, 0.717) is 12.0 Å². The van der Waals surface area contributed by atoms with E-state index in [9.17, 15) is 29.3 Å². The second kappa shape index (κ2) is 8.69. The topological polar surface area (TPSA) is 160 Å². The van der Waals surface area contributed by atoms with Gasteiger partial charge in [0, 0.05) is 30.1 Å². The molecule has 11 heteroatoms. The van der Waals surface area contributed by atoms with Gasteiger partial charge in [-0.25, -0.2) is 4.79 Å². The number of nitro groups is 1. The zero-order valence-electron chi connectivity index (χ0n) is 16.5. The number of carbonyl (C=O) groups excluding carboxylic acids is 4. The number of imide groups is 2. The van der Waals surface area contributed by atoms with Crippen molar-refractivity contribution in [1.29, 1.82) is 0 Å². The van der Waals surface area contributed by atoms with E-state index >= 15 is 0 Å². The molecule has 11 nitrogen and oxygen atoms in total. The van der Waals surface area contributed by atoms with Crippen LogP contribution in [0.3, 0.4) is 0 Å². The average molecular weight is 425 g/mol. The van der Waals surface area contributed by atoms with Gasteiger partial charge >= 0.3 is 6.03 Å². The van der Waals surface area contributed by atoms with Gasteiger partial charge in [0.1, 0.15) is 0 Å². The van der Waals surface area contributed by atoms with Crippen LogP contribution >= 0.6 is 0 Å². The van der Waals surface area contributed by atoms with Crippen LogP contribution in [0.5, 0.6) is 0 Å². The van der Waals surface area contributed by atoms with Crippen molar-refractivity contribution in [2.75, 3.05) is 0 Å². The highest BCUT2D eigenvalue weighted by atomic mass is 16.6. The van der Waals surface area contributed by atoms with E-state index in [1.54, 1.807) is 19.1 Å². The largest absolute Gasteiger partial charge is 0.344 e. The first-order chi connectivity index (χ1) is 14.8. The third-order valence-corrected chi connectivity index (χ3v) is 5.06. The molecule has 1 unspecified atom stereocenters. The van der Waals surface area contributed by atoms with Crippen LogP contribution in [0.1, 0.15) is 41.7 Å². The number of urea groups is 1. The molecule has 1 fully saturated rings. The van der Waals surface area contributed by atoms with E-state index in [1.807, 2.05) is 0 Å². The minimum atomic E-state index is -1.79. The number of pyridine rings is 1. The highest BCUT2D eigenvalue weighted by molar-refractivity contribution is 6.20. The number of hydrogen-bond acceptors (Lipinski definition) is 7. The molecule has 1 aromatic heterocycles. The Morgan fingerprint density at radius 2 is 1.68 bits per heavy atom. The molecule has 0 aliphatic carbocycles. The Hall–Kier alpha value is -4.15. The zero-order chi connectivity index (χ0) is 22.6. The lowest BCUT2D eigenvalue weighted by Crippen LogP contribution is -2.66. The molecule has 1 aromatic carbocycles. The number of barbiturate groups is 1. The van der Waals surface area contributed by atoms with Crippen LogP contribution in [0, 0.1) is 15.5 Å². The Morgan fingerprint density at radius 1 is 1.10 bits per heavy atom. The maximum absolute atomic E-state index is 12.9. The molecule has 31 heavy (non-hydrogen) atoms. The SMILES string of the molecule is CCCC1(C(NC(=O)c2ccc([N+](=O)[O-])cc2)c2ccncc2)C(=O)NC(=O)NC1=O. The molecule has 0 bridgehead atoms. The number of nitro benzene ring substituents is 1. The standard InChI is InChI=1S/C20H19N5O6/c1-2-9-20(17(27)23-19(29)24-18(20)28)15(12-7-10-21-11-8-12)22-16(26)13-3-5-14(6-4-13)25(30)31/h3-8,10-11,15H,2,9H2,1H3,(H,22,26)(H2,23,24,27,28,29). The molecular formula is C20H19N5O6. The molecule has 1 aliphatic rings. The number of nitrogens with one attached hydrogen (secondary N) is 3. The van der Waals surface area contributed by atoms with Crippen molar-refractivity contribution in [3.05, 3.63) is 70.0 Å². The van der Waals surface area contributed by atoms with Gasteiger partial charge in [-0.1, -0.05) is 13.3 Å². The summed E-state index contributed by atoms with van der Waals surface area (Å²) in [5.41, 5.74) is -1.45. The normalized spacial score (nSPS) is 16.1. The lowest BCUT2D eigenvalue weighted by Gasteiger charge is -2.40. The van der Waals surface area contributed by atoms with Gasteiger partial charge < -0.3 is 5.32 Å². The predicted octanol–water partition coefficient (Wildman–Crippen LogP) is 1.61. The minimum absolute atomic E-state index is 0.0471. The van der Waals surface area contributed by atoms with Crippen molar-refractivity contribution in [2.45, 2.75) is 25.8 Å². The molecule has 2 aromatic rings. The fourth-order valence-electron chi connectivity index (χ4n) is 3.59. The van der Waals surface area contributed by atoms with E-state index < -0.39 is 40.1 Å². The number of benzene rings is 1. The summed E-state index contributed by atoms with van der Waals surface area (Å²) in [5, 5.41) is 17.8. The number of nitrogens with zero attached hydrogens (tertiary/aromatic N) is 2. The number of hydrogen-bond donors (Lipinski definition) is 3. The van der Waals surface area contributed by atoms with Gasteiger partial charge in [-0.3, -0.25) is 40.1 Å². The molecular weight excluding hydrogens is 406 g/mol. The summed E-state index contributed by atoms with van der Waals surface area (Å²) >= 11 is 0. The molecule has 5 amide bonds. The summed E-state index contributed by atoms with van der Waals surface area (Å²) in [6, 6.07) is 5.93. The smallest absolute Gasteiger partial charge is 0.328 e. The Bertz CT molecular complexity index is 1020. The van der Waals surface area contributed by atoms with E-state index in [1.165, 1.54) is 36.7 Å². The van der Waals surface area contributed by atoms with Crippen LogP contribution in [0.15, 0.2) is 48.8 Å². The van der Waals surface area contributed by atoms with Crippen LogP contribution < -0.4 is 16.0 Å². The zero-order valence-corrected chi connectivity index (χ0v) is 16.5. The summed E-state index contributed by atoms with van der Waals surface area (Å²) in [4.78, 5) is 64.7. The van der Waals surface area contributed by atoms with Crippen molar-refractivity contribution in [3.63, 3.8) is 0 Å². The number of rotatable bonds is 7. The van der Waals surface area contributed by atoms with Crippen molar-refractivity contribution >= 4 is 29.4 Å². The van der Waals surface area contributed by atoms with Crippen molar-refractivity contribution in [1.82, 2.24) is 20.9 Å². The van der Waals surface area contributed by atoms with Crippen molar-refractivity contribution < 1.29 is 24.1 Å². The number of carbonyl (C=O) groups is 4. The van der Waals surface area contributed by atoms with Gasteiger partial charge in [0.25, 0.3) is 11.6 Å². The molecule has 3 rings (SSSR count). The highest BCUT2D eigenvalue weighted by Crippen LogP contribution is 2.40. The number of non-ortho nitro benzene ring substituents is 1. The van der Waals surface area contributed by atoms with E-state index in [0.717, 1.165) is 0 Å². The molecule has 0 spiro atoms. The van der Waals surface area contributed by atoms with Crippen LogP contribution in [0.4, 0.5) is 10.5 Å². The molecule has 1 saturated heterocycles. The van der Waals surface area contributed by atoms with Gasteiger partial charge in [0.15, 0.2) is 5.41 Å². The monoisotopic (exact) mass is 425 g/mol. The first-order valence-electron chi connectivity index (χ1n) is 9.41. The van der Waals surface area contributed by atoms with Crippen molar-refractivity contribution in [3.8, 4) is 0 Å². The maximum Gasteiger partial charge on any atom is 0.328 e. The molecule has 3 N–H and O–H groups in total. The third kappa shape index (κ3) is 4.10. The van der Waals surface area contributed by atoms with Gasteiger partial charge in [0.2, 0.25) is 11.8 Å². The molecule has 1 atom stereocenters. The number of amides is 5. The fourth-order valence-corrected chi connectivity index (χ4v) is 3.59. The summed E-state index contributed by atoms with van der Waals surface area (Å²) in [7, 11) is 0. The molecule has 2 heterocycles. The van der Waals surface area contributed by atoms with Crippen molar-refractivity contribution in [2.24, 2.45) is 5.41 Å². The third-order valence-electron chi connectivity index (χ3n) is 5.06. The quantitative estimate of drug-likeness (QED) is 0.345. The van der Waals surface area contributed by atoms with E-state index in [4.69, 9.17) is 0 Å². The Morgan fingerprint density at radius 3 is 2.19 bits per heavy atom. The Labute approximate surface area is 176 Å². The van der Waals surface area contributed by atoms with Crippen LogP contribution in [-0.4, -0.2) is 33.7 Å². The van der Waals surface area contributed by atoms with Gasteiger partial charge in [-0.15, -0.1) is 0 Å². The summed E-state index contributed by atoms with van der Waals surface area (Å²) in [6.07, 6.45) is 3.35. The summed E-state index contributed by atoms with van der Waals surface area (Å²) in [5.74, 6) is -2.30. The first-order valence-corrected chi connectivity index (χ1v) is 9.41. The molecule has 0 radical (unpaired) electrons. The Balaban J connectivity index is 2.04. The summed E-state index contributed by atoms with van der Waals surface area (Å²) < 4.78 is 0. The molecule has 0 saturated carbocycles. The van der Waals surface area contributed by atoms with E-state index in [2.05, 4.69) is 20.9 Å². The minimum Gasteiger partial charge on any atom is -0.344 e. The predicted molar refractivity (Wildman–Crippen MR) is 107 cm³/mol. The summed E-state index contributed by atoms with van der Waals surface area (Å²) in [6.45, 7) is 1.76. The fraction of sp³-hybridized carbons (Fsp3) is 0.250. The second-order valence-corrected chi connectivity index (χ2v) is 6.95. The lowest BCUT2D eigenvalue weighted by atomic mass is 9.71. The van der Waals surface area contributed by atoms with Crippen LogP contribution in [0.2, 0.25) is 0 Å². The molecule has 160 valence electrons.